The molecule has 0 bridgehead atoms. The molecule has 0 radical (unpaired) electrons. The number of nitrogens with two attached hydrogens (primary N) is 2. The highest BCUT2D eigenvalue weighted by molar-refractivity contribution is 6.10. The number of benzene rings is 6. The summed E-state index contributed by atoms with van der Waals surface area (Å²) in [5.41, 5.74) is 10.8. The van der Waals surface area contributed by atoms with Crippen LogP contribution in [0.3, 0.4) is 0 Å². The summed E-state index contributed by atoms with van der Waals surface area (Å²) in [6.45, 7) is 5.14. The topological polar surface area (TPSA) is 113 Å². The van der Waals surface area contributed by atoms with Crippen molar-refractivity contribution in [3.8, 4) is 0 Å². The molecule has 0 saturated heterocycles. The fourth-order valence-corrected chi connectivity index (χ4v) is 4.96. The summed E-state index contributed by atoms with van der Waals surface area (Å²) < 4.78 is 0. The Labute approximate surface area is 227 Å². The standard InChI is InChI=1S/C27H16O2.C6H18N4/c28-27(29)19-6-5-18-9-23-14-25-12-21-7-16-3-1-2-4-17(16)8-22(21)13-26(25)15-24(23)11-20(18)10-19;7-1-3-9-5-6-10-4-2-8/h1-15H,(H,28,29);9-10H,1-8H2. The van der Waals surface area contributed by atoms with Crippen LogP contribution in [0.4, 0.5) is 0 Å². The zero-order valence-corrected chi connectivity index (χ0v) is 21.9. The van der Waals surface area contributed by atoms with E-state index in [2.05, 4.69) is 83.4 Å². The van der Waals surface area contributed by atoms with Gasteiger partial charge in [0.05, 0.1) is 5.56 Å². The summed E-state index contributed by atoms with van der Waals surface area (Å²) in [5.74, 6) is -0.899. The van der Waals surface area contributed by atoms with Crippen LogP contribution in [-0.2, 0) is 0 Å². The van der Waals surface area contributed by atoms with E-state index in [1.165, 1.54) is 32.3 Å². The van der Waals surface area contributed by atoms with E-state index in [0.29, 0.717) is 18.7 Å². The number of rotatable bonds is 8. The van der Waals surface area contributed by atoms with Crippen molar-refractivity contribution < 1.29 is 9.90 Å². The Kier molecular flexibility index (Phi) is 8.30. The quantitative estimate of drug-likeness (QED) is 0.139. The second kappa shape index (κ2) is 12.2. The number of hydrogen-bond donors (Lipinski definition) is 5. The Morgan fingerprint density at radius 1 is 0.513 bits per heavy atom. The maximum Gasteiger partial charge on any atom is 0.335 e. The van der Waals surface area contributed by atoms with E-state index in [0.717, 1.165) is 47.7 Å². The van der Waals surface area contributed by atoms with E-state index in [-0.39, 0.29) is 0 Å². The van der Waals surface area contributed by atoms with Crippen LogP contribution in [0, 0.1) is 0 Å². The number of carbonyl (C=O) groups is 1. The Morgan fingerprint density at radius 3 is 1.26 bits per heavy atom. The molecule has 0 amide bonds. The van der Waals surface area contributed by atoms with Gasteiger partial charge in [0.2, 0.25) is 0 Å². The van der Waals surface area contributed by atoms with Gasteiger partial charge in [-0.2, -0.15) is 0 Å². The molecule has 0 unspecified atom stereocenters. The molecule has 6 aromatic rings. The van der Waals surface area contributed by atoms with Gasteiger partial charge in [-0.15, -0.1) is 0 Å². The maximum absolute atomic E-state index is 11.3. The number of fused-ring (bicyclic) bond motifs is 5. The summed E-state index contributed by atoms with van der Waals surface area (Å²) >= 11 is 0. The molecule has 7 N–H and O–H groups in total. The molecular weight excluding hydrogens is 484 g/mol. The second-order valence-electron chi connectivity index (χ2n) is 9.74. The van der Waals surface area contributed by atoms with Gasteiger partial charge in [0, 0.05) is 39.3 Å². The Balaban J connectivity index is 0.000000266. The number of carboxylic acid groups (broad SMARTS) is 1. The number of aromatic carboxylic acids is 1. The second-order valence-corrected chi connectivity index (χ2v) is 9.74. The fourth-order valence-electron chi connectivity index (χ4n) is 4.96. The van der Waals surface area contributed by atoms with Gasteiger partial charge in [0.15, 0.2) is 0 Å². The van der Waals surface area contributed by atoms with Crippen molar-refractivity contribution in [3.05, 3.63) is 96.6 Å². The summed E-state index contributed by atoms with van der Waals surface area (Å²) in [7, 11) is 0. The van der Waals surface area contributed by atoms with Crippen molar-refractivity contribution in [1.82, 2.24) is 10.6 Å². The lowest BCUT2D eigenvalue weighted by Crippen LogP contribution is -2.32. The van der Waals surface area contributed by atoms with E-state index in [1.807, 2.05) is 6.07 Å². The van der Waals surface area contributed by atoms with Crippen molar-refractivity contribution in [2.24, 2.45) is 11.5 Å². The van der Waals surface area contributed by atoms with Crippen LogP contribution in [0.1, 0.15) is 10.4 Å². The summed E-state index contributed by atoms with van der Waals surface area (Å²) in [5, 5.41) is 27.2. The summed E-state index contributed by atoms with van der Waals surface area (Å²) in [6.07, 6.45) is 0. The van der Waals surface area contributed by atoms with Gasteiger partial charge in [0.25, 0.3) is 0 Å². The molecule has 0 spiro atoms. The van der Waals surface area contributed by atoms with Crippen LogP contribution in [0.5, 0.6) is 0 Å². The molecule has 0 heterocycles. The van der Waals surface area contributed by atoms with Crippen LogP contribution in [-0.4, -0.2) is 50.3 Å². The smallest absolute Gasteiger partial charge is 0.335 e. The van der Waals surface area contributed by atoms with Gasteiger partial charge in [-0.1, -0.05) is 30.3 Å². The Hall–Kier alpha value is -4.07. The highest BCUT2D eigenvalue weighted by Crippen LogP contribution is 2.32. The average Bonchev–Trinajstić information content (AvgIpc) is 2.94. The van der Waals surface area contributed by atoms with Crippen LogP contribution in [0.2, 0.25) is 0 Å². The Morgan fingerprint density at radius 2 is 0.872 bits per heavy atom. The molecule has 0 aliphatic carbocycles. The highest BCUT2D eigenvalue weighted by atomic mass is 16.4. The molecule has 6 heteroatoms. The molecule has 6 rings (SSSR count). The van der Waals surface area contributed by atoms with Crippen molar-refractivity contribution in [2.45, 2.75) is 0 Å². The van der Waals surface area contributed by atoms with Gasteiger partial charge in [0.1, 0.15) is 0 Å². The van der Waals surface area contributed by atoms with E-state index in [9.17, 15) is 9.90 Å². The Bertz CT molecular complexity index is 1770. The molecule has 6 aromatic carbocycles. The fraction of sp³-hybridized carbons (Fsp3) is 0.182. The summed E-state index contributed by atoms with van der Waals surface area (Å²) in [4.78, 5) is 11.3. The van der Waals surface area contributed by atoms with E-state index >= 15 is 0 Å². The monoisotopic (exact) mass is 518 g/mol. The first kappa shape index (κ1) is 26.5. The van der Waals surface area contributed by atoms with Crippen LogP contribution >= 0.6 is 0 Å². The molecule has 39 heavy (non-hydrogen) atoms. The molecule has 198 valence electrons. The third-order valence-corrected chi connectivity index (χ3v) is 6.94. The molecule has 6 nitrogen and oxygen atoms in total. The third kappa shape index (κ3) is 6.16. The number of nitrogens with one attached hydrogen (secondary N) is 2. The number of hydrogen-bond acceptors (Lipinski definition) is 5. The van der Waals surface area contributed by atoms with Crippen molar-refractivity contribution in [2.75, 3.05) is 39.3 Å². The molecule has 0 aromatic heterocycles. The highest BCUT2D eigenvalue weighted by Gasteiger charge is 2.07. The molecular formula is C33H34N4O2. The van der Waals surface area contributed by atoms with Crippen molar-refractivity contribution >= 4 is 59.8 Å². The van der Waals surface area contributed by atoms with Crippen LogP contribution in [0.15, 0.2) is 91.0 Å². The number of carboxylic acids is 1. The molecule has 0 aliphatic heterocycles. The lowest BCUT2D eigenvalue weighted by Gasteiger charge is -2.08. The zero-order valence-electron chi connectivity index (χ0n) is 21.9. The third-order valence-electron chi connectivity index (χ3n) is 6.94. The predicted octanol–water partition coefficient (Wildman–Crippen LogP) is 5.23. The summed E-state index contributed by atoms with van der Waals surface area (Å²) in [6, 6.07) is 31.4. The van der Waals surface area contributed by atoms with Crippen LogP contribution in [0.25, 0.3) is 53.9 Å². The minimum Gasteiger partial charge on any atom is -0.478 e. The zero-order chi connectivity index (χ0) is 27.2. The van der Waals surface area contributed by atoms with Gasteiger partial charge in [-0.3, -0.25) is 0 Å². The van der Waals surface area contributed by atoms with Gasteiger partial charge in [-0.05, 0) is 115 Å². The molecule has 0 saturated carbocycles. The van der Waals surface area contributed by atoms with E-state index in [1.54, 1.807) is 12.1 Å². The lowest BCUT2D eigenvalue weighted by atomic mass is 9.96. The van der Waals surface area contributed by atoms with Crippen molar-refractivity contribution in [1.29, 1.82) is 0 Å². The molecule has 0 fully saturated rings. The van der Waals surface area contributed by atoms with E-state index in [4.69, 9.17) is 11.5 Å². The molecule has 0 aliphatic rings. The first-order chi connectivity index (χ1) is 19.1. The van der Waals surface area contributed by atoms with Gasteiger partial charge >= 0.3 is 5.97 Å². The maximum atomic E-state index is 11.3. The van der Waals surface area contributed by atoms with Gasteiger partial charge < -0.3 is 27.2 Å². The first-order valence-corrected chi connectivity index (χ1v) is 13.3. The predicted molar refractivity (Wildman–Crippen MR) is 165 cm³/mol. The minimum atomic E-state index is -0.899. The normalized spacial score (nSPS) is 11.3. The first-order valence-electron chi connectivity index (χ1n) is 13.3. The largest absolute Gasteiger partial charge is 0.478 e. The SMILES string of the molecule is NCCNCCNCCN.O=C(O)c1ccc2cc3cc4cc5cc6ccccc6cc5cc4cc3cc2c1. The van der Waals surface area contributed by atoms with E-state index < -0.39 is 5.97 Å². The molecule has 0 atom stereocenters. The van der Waals surface area contributed by atoms with Crippen LogP contribution < -0.4 is 22.1 Å². The average molecular weight is 519 g/mol. The van der Waals surface area contributed by atoms with Gasteiger partial charge in [-0.25, -0.2) is 4.79 Å². The lowest BCUT2D eigenvalue weighted by molar-refractivity contribution is 0.0697. The minimum absolute atomic E-state index is 0.315. The van der Waals surface area contributed by atoms with Crippen molar-refractivity contribution in [3.63, 3.8) is 0 Å².